The summed E-state index contributed by atoms with van der Waals surface area (Å²) in [4.78, 5) is 8.75. The summed E-state index contributed by atoms with van der Waals surface area (Å²) in [6, 6.07) is 13.0. The molecule has 0 amide bonds. The molecule has 0 bridgehead atoms. The molecule has 2 N–H and O–H groups in total. The SMILES string of the molecule is Oc1ccc(Nc2nccn3c(-c4ccc(F)cc4)cnc23)cc1. The average molecular weight is 320 g/mol. The highest BCUT2D eigenvalue weighted by molar-refractivity contribution is 5.74. The number of aromatic hydroxyl groups is 1. The molecule has 0 saturated carbocycles. The third kappa shape index (κ3) is 2.54. The van der Waals surface area contributed by atoms with Crippen molar-refractivity contribution in [1.29, 1.82) is 0 Å². The molecule has 0 aliphatic heterocycles. The maximum atomic E-state index is 13.1. The predicted molar refractivity (Wildman–Crippen MR) is 89.8 cm³/mol. The number of hydrogen-bond acceptors (Lipinski definition) is 4. The number of phenolic OH excluding ortho intramolecular Hbond substituents is 1. The fourth-order valence-corrected chi connectivity index (χ4v) is 2.52. The first-order chi connectivity index (χ1) is 11.7. The largest absolute Gasteiger partial charge is 0.508 e. The molecule has 0 spiro atoms. The number of halogens is 1. The lowest BCUT2D eigenvalue weighted by Crippen LogP contribution is -1.98. The summed E-state index contributed by atoms with van der Waals surface area (Å²) < 4.78 is 15.0. The minimum Gasteiger partial charge on any atom is -0.508 e. The first-order valence-corrected chi connectivity index (χ1v) is 7.35. The minimum atomic E-state index is -0.274. The zero-order valence-electron chi connectivity index (χ0n) is 12.5. The molecule has 0 aliphatic carbocycles. The summed E-state index contributed by atoms with van der Waals surface area (Å²) in [7, 11) is 0. The lowest BCUT2D eigenvalue weighted by molar-refractivity contribution is 0.475. The fraction of sp³-hybridized carbons (Fsp3) is 0. The van der Waals surface area contributed by atoms with Crippen molar-refractivity contribution in [2.75, 3.05) is 5.32 Å². The third-order valence-electron chi connectivity index (χ3n) is 3.70. The van der Waals surface area contributed by atoms with Crippen LogP contribution in [-0.2, 0) is 0 Å². The Morgan fingerprint density at radius 3 is 2.46 bits per heavy atom. The Labute approximate surface area is 137 Å². The van der Waals surface area contributed by atoms with E-state index in [9.17, 15) is 9.50 Å². The second-order valence-corrected chi connectivity index (χ2v) is 5.29. The number of rotatable bonds is 3. The maximum absolute atomic E-state index is 13.1. The number of anilines is 2. The van der Waals surface area contributed by atoms with Gasteiger partial charge in [0.1, 0.15) is 11.6 Å². The van der Waals surface area contributed by atoms with Crippen LogP contribution in [0.2, 0.25) is 0 Å². The number of fused-ring (bicyclic) bond motifs is 1. The second kappa shape index (κ2) is 5.66. The zero-order chi connectivity index (χ0) is 16.5. The van der Waals surface area contributed by atoms with Gasteiger partial charge in [-0.05, 0) is 48.5 Å². The Kier molecular flexibility index (Phi) is 3.35. The van der Waals surface area contributed by atoms with Gasteiger partial charge in [0.25, 0.3) is 0 Å². The molecule has 0 saturated heterocycles. The maximum Gasteiger partial charge on any atom is 0.180 e. The first-order valence-electron chi connectivity index (χ1n) is 7.35. The number of phenols is 1. The predicted octanol–water partition coefficient (Wildman–Crippen LogP) is 3.98. The van der Waals surface area contributed by atoms with Crippen molar-refractivity contribution >= 4 is 17.2 Å². The van der Waals surface area contributed by atoms with E-state index in [0.29, 0.717) is 11.5 Å². The number of imidazole rings is 1. The Balaban J connectivity index is 1.76. The van der Waals surface area contributed by atoms with Crippen molar-refractivity contribution in [3.05, 3.63) is 72.9 Å². The molecule has 0 unspecified atom stereocenters. The Bertz CT molecular complexity index is 994. The number of benzene rings is 2. The van der Waals surface area contributed by atoms with Crippen LogP contribution in [0.25, 0.3) is 16.9 Å². The molecule has 2 aromatic carbocycles. The monoisotopic (exact) mass is 320 g/mol. The summed E-state index contributed by atoms with van der Waals surface area (Å²) in [6.07, 6.45) is 5.21. The van der Waals surface area contributed by atoms with Crippen molar-refractivity contribution in [2.45, 2.75) is 0 Å². The van der Waals surface area contributed by atoms with E-state index in [0.717, 1.165) is 16.9 Å². The van der Waals surface area contributed by atoms with E-state index in [-0.39, 0.29) is 11.6 Å². The smallest absolute Gasteiger partial charge is 0.180 e. The third-order valence-corrected chi connectivity index (χ3v) is 3.70. The van der Waals surface area contributed by atoms with Crippen molar-refractivity contribution in [1.82, 2.24) is 14.4 Å². The van der Waals surface area contributed by atoms with Crippen LogP contribution in [0.4, 0.5) is 15.9 Å². The summed E-state index contributed by atoms with van der Waals surface area (Å²) in [5.41, 5.74) is 3.16. The average Bonchev–Trinajstić information content (AvgIpc) is 3.03. The van der Waals surface area contributed by atoms with E-state index >= 15 is 0 Å². The number of hydrogen-bond donors (Lipinski definition) is 2. The Morgan fingerprint density at radius 2 is 1.71 bits per heavy atom. The van der Waals surface area contributed by atoms with Crippen molar-refractivity contribution < 1.29 is 9.50 Å². The highest BCUT2D eigenvalue weighted by Crippen LogP contribution is 2.25. The van der Waals surface area contributed by atoms with Crippen LogP contribution in [0.5, 0.6) is 5.75 Å². The lowest BCUT2D eigenvalue weighted by Gasteiger charge is -2.08. The topological polar surface area (TPSA) is 62.5 Å². The van der Waals surface area contributed by atoms with Crippen molar-refractivity contribution in [2.24, 2.45) is 0 Å². The molecule has 118 valence electrons. The summed E-state index contributed by atoms with van der Waals surface area (Å²) in [5, 5.41) is 12.5. The van der Waals surface area contributed by atoms with Crippen LogP contribution in [0.1, 0.15) is 0 Å². The summed E-state index contributed by atoms with van der Waals surface area (Å²) >= 11 is 0. The highest BCUT2D eigenvalue weighted by Gasteiger charge is 2.10. The Hall–Kier alpha value is -3.41. The Morgan fingerprint density at radius 1 is 0.958 bits per heavy atom. The molecule has 24 heavy (non-hydrogen) atoms. The minimum absolute atomic E-state index is 0.200. The van der Waals surface area contributed by atoms with Crippen LogP contribution in [-0.4, -0.2) is 19.5 Å². The number of aromatic nitrogens is 3. The van der Waals surface area contributed by atoms with Gasteiger partial charge in [-0.15, -0.1) is 0 Å². The number of nitrogens with one attached hydrogen (secondary N) is 1. The van der Waals surface area contributed by atoms with Gasteiger partial charge in [-0.25, -0.2) is 14.4 Å². The molecule has 0 fully saturated rings. The molecular weight excluding hydrogens is 307 g/mol. The van der Waals surface area contributed by atoms with Gasteiger partial charge in [0, 0.05) is 23.6 Å². The van der Waals surface area contributed by atoms with Gasteiger partial charge in [-0.3, -0.25) is 4.40 Å². The van der Waals surface area contributed by atoms with E-state index in [2.05, 4.69) is 15.3 Å². The van der Waals surface area contributed by atoms with Crippen LogP contribution >= 0.6 is 0 Å². The number of nitrogens with zero attached hydrogens (tertiary/aromatic N) is 3. The summed E-state index contributed by atoms with van der Waals surface area (Å²) in [5.74, 6) is 0.520. The quantitative estimate of drug-likeness (QED) is 0.560. The van der Waals surface area contributed by atoms with Crippen molar-refractivity contribution in [3.8, 4) is 17.0 Å². The molecule has 5 nitrogen and oxygen atoms in total. The molecule has 2 heterocycles. The molecule has 4 rings (SSSR count). The van der Waals surface area contributed by atoms with Gasteiger partial charge >= 0.3 is 0 Å². The zero-order valence-corrected chi connectivity index (χ0v) is 12.5. The van der Waals surface area contributed by atoms with Crippen LogP contribution in [0.15, 0.2) is 67.1 Å². The van der Waals surface area contributed by atoms with Gasteiger partial charge in [-0.1, -0.05) is 0 Å². The molecule has 2 aromatic heterocycles. The molecular formula is C18H13FN4O. The molecule has 0 aliphatic rings. The van der Waals surface area contributed by atoms with E-state index in [1.807, 2.05) is 10.6 Å². The van der Waals surface area contributed by atoms with E-state index in [1.165, 1.54) is 12.1 Å². The summed E-state index contributed by atoms with van der Waals surface area (Å²) in [6.45, 7) is 0. The molecule has 6 heteroatoms. The van der Waals surface area contributed by atoms with E-state index in [4.69, 9.17) is 0 Å². The van der Waals surface area contributed by atoms with Gasteiger partial charge in [0.2, 0.25) is 0 Å². The van der Waals surface area contributed by atoms with Crippen LogP contribution < -0.4 is 5.32 Å². The highest BCUT2D eigenvalue weighted by atomic mass is 19.1. The first kappa shape index (κ1) is 14.2. The van der Waals surface area contributed by atoms with Crippen LogP contribution in [0.3, 0.4) is 0 Å². The molecule has 4 aromatic rings. The van der Waals surface area contributed by atoms with Gasteiger partial charge < -0.3 is 10.4 Å². The standard InChI is InChI=1S/C18H13FN4O/c19-13-3-1-12(2-4-13)16-11-21-18-17(20-9-10-23(16)18)22-14-5-7-15(24)8-6-14/h1-11,24H,(H,20,22). The van der Waals surface area contributed by atoms with Gasteiger partial charge in [0.15, 0.2) is 11.5 Å². The molecule has 0 atom stereocenters. The van der Waals surface area contributed by atoms with E-state index in [1.54, 1.807) is 48.8 Å². The normalized spacial score (nSPS) is 10.9. The lowest BCUT2D eigenvalue weighted by atomic mass is 10.2. The van der Waals surface area contributed by atoms with E-state index < -0.39 is 0 Å². The second-order valence-electron chi connectivity index (χ2n) is 5.29. The van der Waals surface area contributed by atoms with Gasteiger partial charge in [0.05, 0.1) is 11.9 Å². The fourth-order valence-electron chi connectivity index (χ4n) is 2.52. The molecule has 0 radical (unpaired) electrons. The van der Waals surface area contributed by atoms with Crippen molar-refractivity contribution in [3.63, 3.8) is 0 Å². The van der Waals surface area contributed by atoms with Crippen LogP contribution in [0, 0.1) is 5.82 Å². The van der Waals surface area contributed by atoms with Gasteiger partial charge in [-0.2, -0.15) is 0 Å².